The van der Waals surface area contributed by atoms with Crippen LogP contribution in [0.5, 0.6) is 57.5 Å². The number of ether oxygens (including phenoxy) is 12. The van der Waals surface area contributed by atoms with Gasteiger partial charge in [0.05, 0.1) is 125 Å². The van der Waals surface area contributed by atoms with Crippen LogP contribution in [-0.2, 0) is 31.9 Å². The van der Waals surface area contributed by atoms with Crippen LogP contribution in [0.15, 0.2) is 59.6 Å². The molecular weight excluding hydrogens is 912 g/mol. The quantitative estimate of drug-likeness (QED) is 0.0329. The lowest BCUT2D eigenvalue weighted by molar-refractivity contribution is -0.935. The van der Waals surface area contributed by atoms with Crippen molar-refractivity contribution in [1.29, 1.82) is 0 Å². The molecule has 0 amide bonds. The number of benzene rings is 4. The van der Waals surface area contributed by atoms with Gasteiger partial charge in [-0.2, -0.15) is 0 Å². The Labute approximate surface area is 410 Å². The fourth-order valence-electron chi connectivity index (χ4n) is 10.0. The van der Waals surface area contributed by atoms with Crippen molar-refractivity contribution in [1.82, 2.24) is 0 Å². The molecule has 0 N–H and O–H groups in total. The van der Waals surface area contributed by atoms with Gasteiger partial charge in [-0.1, -0.05) is 11.6 Å². The van der Waals surface area contributed by atoms with Gasteiger partial charge in [0.1, 0.15) is 17.1 Å². The van der Waals surface area contributed by atoms with E-state index in [9.17, 15) is 9.59 Å². The number of carbonyl (C=O) groups excluding carboxylic acids is 2. The Hall–Kier alpha value is -6.23. The lowest BCUT2D eigenvalue weighted by Crippen LogP contribution is -2.52. The van der Waals surface area contributed by atoms with E-state index in [1.54, 1.807) is 71.1 Å². The second-order valence-electron chi connectivity index (χ2n) is 17.4. The summed E-state index contributed by atoms with van der Waals surface area (Å²) in [6.07, 6.45) is 3.53. The topological polar surface area (TPSA) is 145 Å². The van der Waals surface area contributed by atoms with Crippen LogP contribution in [0.4, 0.5) is 0 Å². The minimum Gasteiger partial charge on any atom is -0.493 e. The molecule has 4 aromatic rings. The van der Waals surface area contributed by atoms with E-state index < -0.39 is 11.9 Å². The molecule has 0 spiro atoms. The first kappa shape index (κ1) is 52.1. The zero-order chi connectivity index (χ0) is 50.0. The van der Waals surface area contributed by atoms with Gasteiger partial charge in [0.25, 0.3) is 0 Å². The van der Waals surface area contributed by atoms with E-state index in [4.69, 9.17) is 68.4 Å². The molecule has 0 radical (unpaired) electrons. The Bertz CT molecular complexity index is 2460. The smallest absolute Gasteiger partial charge is 0.350 e. The lowest BCUT2D eigenvalue weighted by Gasteiger charge is -2.46. The summed E-state index contributed by atoms with van der Waals surface area (Å²) in [6.45, 7) is 2.96. The second kappa shape index (κ2) is 22.9. The highest BCUT2D eigenvalue weighted by molar-refractivity contribution is 6.42. The molecule has 0 saturated heterocycles. The van der Waals surface area contributed by atoms with Gasteiger partial charge in [-0.05, 0) is 59.7 Å². The second-order valence-corrected chi connectivity index (χ2v) is 17.8. The molecule has 0 fully saturated rings. The maximum atomic E-state index is 13.1. The lowest BCUT2D eigenvalue weighted by atomic mass is 9.85. The van der Waals surface area contributed by atoms with Crippen molar-refractivity contribution in [2.75, 3.05) is 125 Å². The SMILES string of the molecule is COc1cc2c(cc1OC)[C@@H](c1cc(OC)c(OC)c(OC)c1)[N@+](C)(CCCOC(=O)/C=C(\Cl)C(=O)OCCC[N@+]1(C)CCc3cc(OC)c(OC)cc3[C@H]1c1cc(OC)c(OC)c(OC)c1)CC2. The van der Waals surface area contributed by atoms with Crippen molar-refractivity contribution in [3.05, 3.63) is 93.0 Å². The summed E-state index contributed by atoms with van der Waals surface area (Å²) >= 11 is 6.36. The molecule has 2 aliphatic rings. The molecule has 2 aliphatic heterocycles. The van der Waals surface area contributed by atoms with E-state index in [-0.39, 0.29) is 30.3 Å². The van der Waals surface area contributed by atoms with Crippen LogP contribution in [0.3, 0.4) is 0 Å². The first-order valence-electron chi connectivity index (χ1n) is 22.7. The van der Waals surface area contributed by atoms with E-state index in [1.165, 1.54) is 0 Å². The number of methoxy groups -OCH3 is 10. The van der Waals surface area contributed by atoms with Crippen LogP contribution in [0.2, 0.25) is 0 Å². The Morgan fingerprint density at radius 1 is 0.507 bits per heavy atom. The summed E-state index contributed by atoms with van der Waals surface area (Å²) in [5.74, 6) is 4.12. The van der Waals surface area contributed by atoms with Crippen molar-refractivity contribution in [2.24, 2.45) is 0 Å². The summed E-state index contributed by atoms with van der Waals surface area (Å²) < 4.78 is 69.5. The Balaban J connectivity index is 1.11. The Morgan fingerprint density at radius 3 is 1.20 bits per heavy atom. The van der Waals surface area contributed by atoms with Crippen molar-refractivity contribution < 1.29 is 75.4 Å². The molecule has 4 aromatic carbocycles. The molecule has 374 valence electrons. The van der Waals surface area contributed by atoms with Gasteiger partial charge in [0, 0.05) is 54.0 Å². The highest BCUT2D eigenvalue weighted by atomic mass is 35.5. The van der Waals surface area contributed by atoms with Crippen molar-refractivity contribution >= 4 is 23.5 Å². The first-order chi connectivity index (χ1) is 33.2. The van der Waals surface area contributed by atoms with Crippen LogP contribution < -0.4 is 47.4 Å². The maximum Gasteiger partial charge on any atom is 0.350 e. The zero-order valence-corrected chi connectivity index (χ0v) is 42.7. The third-order valence-corrected chi connectivity index (χ3v) is 13.7. The van der Waals surface area contributed by atoms with Crippen LogP contribution in [-0.4, -0.2) is 145 Å². The fourth-order valence-corrected chi connectivity index (χ4v) is 10.2. The molecule has 69 heavy (non-hydrogen) atoms. The number of carbonyl (C=O) groups is 2. The van der Waals surface area contributed by atoms with Crippen molar-refractivity contribution in [2.45, 2.75) is 37.8 Å². The monoisotopic (exact) mass is 978 g/mol. The standard InChI is InChI=1S/C52H67ClN2O14/c1-54(19-15-32-23-39(58-3)41(60-5)29-36(32)48(54)34-25-43(62-7)50(66-11)44(26-34)63-8)17-13-21-68-47(56)31-38(53)52(57)69-22-14-18-55(2)20-16-33-24-40(59-4)42(61-6)30-37(33)49(55)35-27-45(64-9)51(67-12)46(28-35)65-10/h23-31,48-49H,13-22H2,1-12H3/q+2/b38-31-/t48-,49-,54-,55-/m1/s1. The summed E-state index contributed by atoms with van der Waals surface area (Å²) in [6, 6.07) is 15.6. The Kier molecular flexibility index (Phi) is 17.3. The van der Waals surface area contributed by atoms with Crippen molar-refractivity contribution in [3.63, 3.8) is 0 Å². The third-order valence-electron chi connectivity index (χ3n) is 13.5. The molecule has 0 aliphatic carbocycles. The number of halogens is 1. The number of rotatable bonds is 22. The molecule has 0 unspecified atom stereocenters. The van der Waals surface area contributed by atoms with E-state index in [0.29, 0.717) is 92.4 Å². The third kappa shape index (κ3) is 11.0. The van der Waals surface area contributed by atoms with Crippen LogP contribution in [0.25, 0.3) is 0 Å². The summed E-state index contributed by atoms with van der Waals surface area (Å²) in [4.78, 5) is 26.1. The molecule has 6 rings (SSSR count). The van der Waals surface area contributed by atoms with Gasteiger partial charge in [0.15, 0.2) is 46.0 Å². The first-order valence-corrected chi connectivity index (χ1v) is 23.1. The van der Waals surface area contributed by atoms with Crippen LogP contribution >= 0.6 is 11.6 Å². The van der Waals surface area contributed by atoms with Gasteiger partial charge < -0.3 is 65.8 Å². The molecule has 0 aromatic heterocycles. The van der Waals surface area contributed by atoms with Gasteiger partial charge in [0.2, 0.25) is 11.5 Å². The minimum atomic E-state index is -0.816. The predicted octanol–water partition coefficient (Wildman–Crippen LogP) is 7.65. The molecular formula is C52H67ClN2O14+2. The van der Waals surface area contributed by atoms with E-state index in [2.05, 4.69) is 14.1 Å². The molecule has 2 heterocycles. The van der Waals surface area contributed by atoms with E-state index in [1.807, 2.05) is 48.5 Å². The Morgan fingerprint density at radius 2 is 0.855 bits per heavy atom. The van der Waals surface area contributed by atoms with E-state index >= 15 is 0 Å². The minimum absolute atomic E-state index is 0.0674. The highest BCUT2D eigenvalue weighted by Gasteiger charge is 2.43. The number of quaternary nitrogens is 2. The highest BCUT2D eigenvalue weighted by Crippen LogP contribution is 2.50. The van der Waals surface area contributed by atoms with Crippen LogP contribution in [0.1, 0.15) is 58.3 Å². The molecule has 17 heteroatoms. The zero-order valence-electron chi connectivity index (χ0n) is 41.9. The molecule has 4 atom stereocenters. The number of hydrogen-bond donors (Lipinski definition) is 0. The number of esters is 2. The molecule has 0 bridgehead atoms. The number of fused-ring (bicyclic) bond motifs is 2. The van der Waals surface area contributed by atoms with Crippen LogP contribution in [0, 0.1) is 0 Å². The normalized spacial score (nSPS) is 19.5. The van der Waals surface area contributed by atoms with Gasteiger partial charge in [-0.15, -0.1) is 0 Å². The summed E-state index contributed by atoms with van der Waals surface area (Å²) in [5.41, 5.74) is 6.29. The largest absolute Gasteiger partial charge is 0.493 e. The average molecular weight is 980 g/mol. The van der Waals surface area contributed by atoms with Crippen molar-refractivity contribution in [3.8, 4) is 57.5 Å². The molecule has 0 saturated carbocycles. The van der Waals surface area contributed by atoms with E-state index in [0.717, 1.165) is 65.4 Å². The molecule has 16 nitrogen and oxygen atoms in total. The summed E-state index contributed by atoms with van der Waals surface area (Å²) in [5, 5.41) is -0.373. The number of nitrogens with zero attached hydrogens (tertiary/aromatic N) is 2. The van der Waals surface area contributed by atoms with Gasteiger partial charge >= 0.3 is 11.9 Å². The predicted molar refractivity (Wildman–Crippen MR) is 259 cm³/mol. The van der Waals surface area contributed by atoms with Gasteiger partial charge in [-0.3, -0.25) is 0 Å². The number of likely N-dealkylation sites (N-methyl/N-ethyl adjacent to an activating group) is 2. The fraction of sp³-hybridized carbons (Fsp3) is 0.462. The average Bonchev–Trinajstić information content (AvgIpc) is 3.36. The number of hydrogen-bond acceptors (Lipinski definition) is 14. The van der Waals surface area contributed by atoms with Gasteiger partial charge in [-0.25, -0.2) is 9.59 Å². The summed E-state index contributed by atoms with van der Waals surface area (Å²) in [7, 11) is 20.4. The maximum absolute atomic E-state index is 13.1.